The molecule has 2 heterocycles. The van der Waals surface area contributed by atoms with Gasteiger partial charge in [0.25, 0.3) is 0 Å². The molecule has 3 heteroatoms. The topological polar surface area (TPSA) is 24.5 Å². The Bertz CT molecular complexity index is 258. The normalized spacial score (nSPS) is 32.4. The third kappa shape index (κ3) is 3.93. The molecule has 0 aromatic carbocycles. The summed E-state index contributed by atoms with van der Waals surface area (Å²) >= 11 is 0. The number of hydrogen-bond acceptors (Lipinski definition) is 3. The molecule has 2 rings (SSSR count). The number of rotatable bonds is 5. The second kappa shape index (κ2) is 7.05. The van der Waals surface area contributed by atoms with Gasteiger partial charge in [0.1, 0.15) is 0 Å². The van der Waals surface area contributed by atoms with Gasteiger partial charge in [0.15, 0.2) is 0 Å². The Labute approximate surface area is 119 Å². The van der Waals surface area contributed by atoms with E-state index in [-0.39, 0.29) is 0 Å². The van der Waals surface area contributed by atoms with Crippen molar-refractivity contribution in [3.63, 3.8) is 0 Å². The molecule has 0 saturated carbocycles. The molecule has 2 fully saturated rings. The fraction of sp³-hybridized carbons (Fsp3) is 1.00. The first-order valence-electron chi connectivity index (χ1n) is 8.25. The van der Waals surface area contributed by atoms with Gasteiger partial charge in [-0.15, -0.1) is 0 Å². The van der Waals surface area contributed by atoms with Gasteiger partial charge in [-0.2, -0.15) is 0 Å². The summed E-state index contributed by atoms with van der Waals surface area (Å²) < 4.78 is 5.84. The number of ether oxygens (including phenoxy) is 1. The predicted octanol–water partition coefficient (Wildman–Crippen LogP) is 2.66. The average Bonchev–Trinajstić information content (AvgIpc) is 2.40. The molecule has 0 bridgehead atoms. The first-order valence-corrected chi connectivity index (χ1v) is 8.25. The van der Waals surface area contributed by atoms with Crippen LogP contribution in [-0.4, -0.2) is 49.8 Å². The van der Waals surface area contributed by atoms with Crippen molar-refractivity contribution in [1.82, 2.24) is 10.2 Å². The van der Waals surface area contributed by atoms with E-state index >= 15 is 0 Å². The molecule has 2 aliphatic rings. The summed E-state index contributed by atoms with van der Waals surface area (Å²) in [7, 11) is 0. The molecule has 1 N–H and O–H groups in total. The Morgan fingerprint density at radius 2 is 2.00 bits per heavy atom. The molecule has 2 saturated heterocycles. The fourth-order valence-corrected chi connectivity index (χ4v) is 3.89. The molecule has 0 aliphatic carbocycles. The highest BCUT2D eigenvalue weighted by Gasteiger charge is 2.36. The maximum atomic E-state index is 5.84. The summed E-state index contributed by atoms with van der Waals surface area (Å²) in [6, 6.07) is 0.639. The van der Waals surface area contributed by atoms with Gasteiger partial charge in [0.2, 0.25) is 0 Å². The largest absolute Gasteiger partial charge is 0.376 e. The van der Waals surface area contributed by atoms with E-state index in [1.165, 1.54) is 51.7 Å². The highest BCUT2D eigenvalue weighted by molar-refractivity contribution is 4.90. The van der Waals surface area contributed by atoms with Crippen molar-refractivity contribution in [2.75, 3.05) is 32.8 Å². The summed E-state index contributed by atoms with van der Waals surface area (Å²) in [4.78, 5) is 2.73. The smallest absolute Gasteiger partial charge is 0.0674 e. The van der Waals surface area contributed by atoms with Crippen molar-refractivity contribution in [3.8, 4) is 0 Å². The van der Waals surface area contributed by atoms with E-state index in [0.717, 1.165) is 13.2 Å². The quantitative estimate of drug-likeness (QED) is 0.829. The molecule has 19 heavy (non-hydrogen) atoms. The van der Waals surface area contributed by atoms with Crippen LogP contribution in [0.2, 0.25) is 0 Å². The van der Waals surface area contributed by atoms with E-state index in [2.05, 4.69) is 31.0 Å². The van der Waals surface area contributed by atoms with Gasteiger partial charge in [0.05, 0.1) is 12.7 Å². The fourth-order valence-electron chi connectivity index (χ4n) is 3.89. The van der Waals surface area contributed by atoms with E-state index in [1.54, 1.807) is 0 Å². The molecule has 0 aromatic rings. The summed E-state index contributed by atoms with van der Waals surface area (Å²) in [5.41, 5.74) is 0.560. The molecule has 0 amide bonds. The van der Waals surface area contributed by atoms with Crippen molar-refractivity contribution >= 4 is 0 Å². The minimum absolute atomic E-state index is 0.406. The molecule has 0 radical (unpaired) electrons. The molecular formula is C16H32N2O. The predicted molar refractivity (Wildman–Crippen MR) is 80.5 cm³/mol. The Balaban J connectivity index is 2.01. The van der Waals surface area contributed by atoms with Crippen LogP contribution in [-0.2, 0) is 4.74 Å². The number of hydrogen-bond donors (Lipinski definition) is 1. The van der Waals surface area contributed by atoms with E-state index in [1.807, 2.05) is 0 Å². The first kappa shape index (κ1) is 15.3. The lowest BCUT2D eigenvalue weighted by Crippen LogP contribution is -2.54. The summed E-state index contributed by atoms with van der Waals surface area (Å²) in [6.07, 6.45) is 7.02. The number of piperidine rings is 1. The molecule has 0 spiro atoms. The van der Waals surface area contributed by atoms with E-state index in [4.69, 9.17) is 4.74 Å². The van der Waals surface area contributed by atoms with Gasteiger partial charge >= 0.3 is 0 Å². The van der Waals surface area contributed by atoms with Crippen molar-refractivity contribution in [2.45, 2.75) is 65.0 Å². The van der Waals surface area contributed by atoms with E-state index in [9.17, 15) is 0 Å². The lowest BCUT2D eigenvalue weighted by Gasteiger charge is -2.46. The van der Waals surface area contributed by atoms with Crippen molar-refractivity contribution in [1.29, 1.82) is 0 Å². The van der Waals surface area contributed by atoms with Gasteiger partial charge in [0, 0.05) is 19.1 Å². The zero-order valence-corrected chi connectivity index (χ0v) is 13.1. The van der Waals surface area contributed by atoms with E-state index < -0.39 is 0 Å². The number of nitrogens with zero attached hydrogens (tertiary/aromatic N) is 1. The van der Waals surface area contributed by atoms with Crippen LogP contribution < -0.4 is 5.32 Å². The van der Waals surface area contributed by atoms with Gasteiger partial charge in [-0.3, -0.25) is 4.90 Å². The van der Waals surface area contributed by atoms with Crippen LogP contribution in [0.15, 0.2) is 0 Å². The lowest BCUT2D eigenvalue weighted by atomic mass is 9.74. The molecule has 3 nitrogen and oxygen atoms in total. The Morgan fingerprint density at radius 1 is 1.26 bits per heavy atom. The molecule has 2 aliphatic heterocycles. The van der Waals surface area contributed by atoms with Crippen molar-refractivity contribution in [3.05, 3.63) is 0 Å². The average molecular weight is 268 g/mol. The Kier molecular flexibility index (Phi) is 5.67. The summed E-state index contributed by atoms with van der Waals surface area (Å²) in [5.74, 6) is 0. The maximum Gasteiger partial charge on any atom is 0.0674 e. The highest BCUT2D eigenvalue weighted by Crippen LogP contribution is 2.36. The van der Waals surface area contributed by atoms with Crippen molar-refractivity contribution in [2.24, 2.45) is 5.41 Å². The second-order valence-corrected chi connectivity index (χ2v) is 6.64. The minimum Gasteiger partial charge on any atom is -0.376 e. The van der Waals surface area contributed by atoms with Crippen LogP contribution >= 0.6 is 0 Å². The molecule has 2 unspecified atom stereocenters. The van der Waals surface area contributed by atoms with Crippen LogP contribution in [0.1, 0.15) is 52.9 Å². The maximum absolute atomic E-state index is 5.84. The molecule has 112 valence electrons. The second-order valence-electron chi connectivity index (χ2n) is 6.64. The third-order valence-electron chi connectivity index (χ3n) is 5.04. The third-order valence-corrected chi connectivity index (χ3v) is 5.04. The van der Waals surface area contributed by atoms with Gasteiger partial charge < -0.3 is 10.1 Å². The van der Waals surface area contributed by atoms with Crippen LogP contribution in [0, 0.1) is 5.41 Å². The standard InChI is InChI=1S/C16H32N2O/c1-4-6-16(7-9-17-10-8-16)13-18-11-14(3)19-12-15(18)5-2/h14-15,17H,4-13H2,1-3H3. The van der Waals surface area contributed by atoms with E-state index in [0.29, 0.717) is 17.6 Å². The number of nitrogens with one attached hydrogen (secondary N) is 1. The van der Waals surface area contributed by atoms with Crippen LogP contribution in [0.5, 0.6) is 0 Å². The van der Waals surface area contributed by atoms with Crippen LogP contribution in [0.3, 0.4) is 0 Å². The van der Waals surface area contributed by atoms with Gasteiger partial charge in [-0.25, -0.2) is 0 Å². The van der Waals surface area contributed by atoms with Gasteiger partial charge in [-0.05, 0) is 51.1 Å². The Hall–Kier alpha value is -0.120. The zero-order valence-electron chi connectivity index (χ0n) is 13.1. The molecule has 2 atom stereocenters. The summed E-state index contributed by atoms with van der Waals surface area (Å²) in [5, 5.41) is 3.53. The minimum atomic E-state index is 0.406. The van der Waals surface area contributed by atoms with Gasteiger partial charge in [-0.1, -0.05) is 20.3 Å². The Morgan fingerprint density at radius 3 is 2.63 bits per heavy atom. The zero-order chi connectivity index (χ0) is 13.7. The number of morpholine rings is 1. The molecular weight excluding hydrogens is 236 g/mol. The first-order chi connectivity index (χ1) is 9.19. The highest BCUT2D eigenvalue weighted by atomic mass is 16.5. The monoisotopic (exact) mass is 268 g/mol. The SMILES string of the molecule is CCCC1(CN2CC(C)OCC2CC)CCNCC1. The van der Waals surface area contributed by atoms with Crippen LogP contribution in [0.4, 0.5) is 0 Å². The summed E-state index contributed by atoms with van der Waals surface area (Å²) in [6.45, 7) is 12.6. The molecule has 0 aromatic heterocycles. The van der Waals surface area contributed by atoms with Crippen LogP contribution in [0.25, 0.3) is 0 Å². The lowest BCUT2D eigenvalue weighted by molar-refractivity contribution is -0.0735. The van der Waals surface area contributed by atoms with Crippen molar-refractivity contribution < 1.29 is 4.74 Å².